The molecule has 1 aromatic carbocycles. The molecular weight excluding hydrogens is 1200 g/mol. The maximum atomic E-state index is 15.4. The first-order valence-electron chi connectivity index (χ1n) is 34.4. The molecule has 1 saturated heterocycles. The first-order valence-corrected chi connectivity index (χ1v) is 34.4. The second-order valence-electron chi connectivity index (χ2n) is 29.3. The summed E-state index contributed by atoms with van der Waals surface area (Å²) in [5.74, 6) is -9.65. The van der Waals surface area contributed by atoms with Crippen molar-refractivity contribution >= 4 is 65.0 Å². The van der Waals surface area contributed by atoms with E-state index in [-0.39, 0.29) is 55.8 Å². The SMILES string of the molecule is CC[C@@H]1NC(=O)[C@H]([C@H](O)[C@H](C)CCCCCc2cccc(C)c2)N(C)C(=O)[C@H](C(C)C)N(C)C(=O)[C@H](CC(C)C)N(C)C(=O)[C@H](CC(C)C)N(C)C(=O)[C@@H](C)NC(=O)[C@H](C)NC(=O)[C@H](CC(C)C)N(C)C(=O)[C@H](C(C)C)NC(=O)[C@H](CC(C)C)N(C)C(=O)[C@@H](C)N(C)C1=O. The lowest BCUT2D eigenvalue weighted by atomic mass is 9.89. The van der Waals surface area contributed by atoms with Crippen LogP contribution in [0.4, 0.5) is 0 Å². The number of aryl methyl sites for hydroxylation is 2. The molecule has 2 rings (SSSR count). The maximum Gasteiger partial charge on any atom is 0.246 e. The van der Waals surface area contributed by atoms with Gasteiger partial charge in [0.2, 0.25) is 65.0 Å². The van der Waals surface area contributed by atoms with Gasteiger partial charge in [-0.25, -0.2) is 0 Å². The number of hydrogen-bond acceptors (Lipinski definition) is 12. The highest BCUT2D eigenvalue weighted by Gasteiger charge is 2.46. The number of rotatable bonds is 19. The Hall–Kier alpha value is -6.65. The van der Waals surface area contributed by atoms with Crippen LogP contribution < -0.4 is 21.3 Å². The fourth-order valence-electron chi connectivity index (χ4n) is 12.4. The quantitative estimate of drug-likeness (QED) is 0.103. The van der Waals surface area contributed by atoms with Crippen molar-refractivity contribution in [2.45, 2.75) is 261 Å². The van der Waals surface area contributed by atoms with E-state index in [0.717, 1.165) is 24.2 Å². The minimum atomic E-state index is -1.61. The monoisotopic (exact) mass is 1320 g/mol. The zero-order valence-electron chi connectivity index (χ0n) is 61.9. The molecule has 534 valence electrons. The summed E-state index contributed by atoms with van der Waals surface area (Å²) in [6.07, 6.45) is 2.85. The fraction of sp³-hybridized carbons (Fsp3) is 0.761. The van der Waals surface area contributed by atoms with E-state index < -0.39 is 155 Å². The highest BCUT2D eigenvalue weighted by Crippen LogP contribution is 2.27. The molecule has 23 nitrogen and oxygen atoms in total. The van der Waals surface area contributed by atoms with Crippen LogP contribution in [0.1, 0.15) is 187 Å². The van der Waals surface area contributed by atoms with Crippen LogP contribution in [-0.4, -0.2) is 226 Å². The first kappa shape index (κ1) is 83.4. The van der Waals surface area contributed by atoms with Gasteiger partial charge < -0.3 is 60.7 Å². The van der Waals surface area contributed by atoms with Gasteiger partial charge in [0.15, 0.2) is 0 Å². The van der Waals surface area contributed by atoms with Crippen molar-refractivity contribution in [3.63, 3.8) is 0 Å². The Morgan fingerprint density at radius 1 is 0.436 bits per heavy atom. The number of nitrogens with one attached hydrogen (secondary N) is 4. The highest BCUT2D eigenvalue weighted by atomic mass is 16.3. The lowest BCUT2D eigenvalue weighted by Gasteiger charge is -2.41. The molecule has 0 unspecified atom stereocenters. The molecule has 1 aliphatic heterocycles. The van der Waals surface area contributed by atoms with Crippen LogP contribution in [0.5, 0.6) is 0 Å². The smallest absolute Gasteiger partial charge is 0.246 e. The van der Waals surface area contributed by atoms with Crippen molar-refractivity contribution in [1.82, 2.24) is 55.6 Å². The van der Waals surface area contributed by atoms with Gasteiger partial charge in [0.05, 0.1) is 6.10 Å². The zero-order valence-corrected chi connectivity index (χ0v) is 61.9. The molecule has 0 bridgehead atoms. The molecule has 1 fully saturated rings. The molecule has 1 aliphatic rings. The number of carbonyl (C=O) groups is 11. The van der Waals surface area contributed by atoms with Gasteiger partial charge in [-0.3, -0.25) is 52.7 Å². The number of hydrogen-bond donors (Lipinski definition) is 5. The predicted octanol–water partition coefficient (Wildman–Crippen LogP) is 5.80. The van der Waals surface area contributed by atoms with Crippen molar-refractivity contribution in [2.24, 2.45) is 41.4 Å². The Morgan fingerprint density at radius 3 is 1.36 bits per heavy atom. The first-order chi connectivity index (χ1) is 43.5. The molecule has 1 aromatic rings. The second-order valence-corrected chi connectivity index (χ2v) is 29.3. The summed E-state index contributed by atoms with van der Waals surface area (Å²) in [5, 5.41) is 23.6. The summed E-state index contributed by atoms with van der Waals surface area (Å²) < 4.78 is 0. The Morgan fingerprint density at radius 2 is 0.883 bits per heavy atom. The van der Waals surface area contributed by atoms with Gasteiger partial charge in [-0.1, -0.05) is 140 Å². The van der Waals surface area contributed by atoms with Gasteiger partial charge in [-0.2, -0.15) is 0 Å². The van der Waals surface area contributed by atoms with E-state index in [4.69, 9.17) is 0 Å². The lowest BCUT2D eigenvalue weighted by molar-refractivity contribution is -0.157. The van der Waals surface area contributed by atoms with Crippen molar-refractivity contribution in [3.05, 3.63) is 35.4 Å². The Balaban J connectivity index is 2.98. The summed E-state index contributed by atoms with van der Waals surface area (Å²) in [6, 6.07) is -5.32. The normalized spacial score (nSPS) is 26.1. The summed E-state index contributed by atoms with van der Waals surface area (Å²) in [7, 11) is 10.1. The number of unbranched alkanes of at least 4 members (excludes halogenated alkanes) is 2. The minimum absolute atomic E-state index is 0.0180. The Kier molecular flexibility index (Phi) is 33.9. The molecule has 13 atom stereocenters. The number of amides is 11. The maximum absolute atomic E-state index is 15.4. The average Bonchev–Trinajstić information content (AvgIpc) is 0.811. The third-order valence-electron chi connectivity index (χ3n) is 18.5. The Labute approximate surface area is 563 Å². The van der Waals surface area contributed by atoms with Crippen LogP contribution in [0.3, 0.4) is 0 Å². The van der Waals surface area contributed by atoms with Crippen LogP contribution in [-0.2, 0) is 59.2 Å². The number of nitrogens with zero attached hydrogens (tertiary/aromatic N) is 7. The zero-order chi connectivity index (χ0) is 72.2. The second kappa shape index (κ2) is 38.2. The van der Waals surface area contributed by atoms with Gasteiger partial charge in [0, 0.05) is 49.3 Å². The number of aliphatic hydroxyl groups excluding tert-OH is 1. The molecule has 11 amide bonds. The molecule has 1 heterocycles. The average molecular weight is 1320 g/mol. The number of likely N-dealkylation sites (N-methyl/N-ethyl adjacent to an activating group) is 7. The van der Waals surface area contributed by atoms with Crippen LogP contribution in [0.2, 0.25) is 0 Å². The molecule has 0 spiro atoms. The topological polar surface area (TPSA) is 279 Å². The van der Waals surface area contributed by atoms with Gasteiger partial charge in [-0.15, -0.1) is 0 Å². The van der Waals surface area contributed by atoms with Crippen molar-refractivity contribution < 1.29 is 57.8 Å². The largest absolute Gasteiger partial charge is 0.390 e. The molecule has 5 N–H and O–H groups in total. The molecule has 94 heavy (non-hydrogen) atoms. The summed E-state index contributed by atoms with van der Waals surface area (Å²) in [6.45, 7) is 31.9. The van der Waals surface area contributed by atoms with Crippen LogP contribution in [0.25, 0.3) is 0 Å². The molecule has 0 aromatic heterocycles. The molecule has 0 saturated carbocycles. The highest BCUT2D eigenvalue weighted by molar-refractivity contribution is 6.00. The van der Waals surface area contributed by atoms with E-state index in [1.54, 1.807) is 41.5 Å². The van der Waals surface area contributed by atoms with Gasteiger partial charge in [0.25, 0.3) is 0 Å². The van der Waals surface area contributed by atoms with Crippen LogP contribution in [0.15, 0.2) is 24.3 Å². The van der Waals surface area contributed by atoms with Crippen LogP contribution in [0, 0.1) is 48.3 Å². The van der Waals surface area contributed by atoms with E-state index >= 15 is 19.2 Å². The molecule has 0 aliphatic carbocycles. The molecule has 23 heteroatoms. The summed E-state index contributed by atoms with van der Waals surface area (Å²) >= 11 is 0. The number of aliphatic hydroxyl groups is 1. The van der Waals surface area contributed by atoms with Gasteiger partial charge in [0.1, 0.15) is 66.5 Å². The Bertz CT molecular complexity index is 2720. The van der Waals surface area contributed by atoms with Crippen LogP contribution >= 0.6 is 0 Å². The summed E-state index contributed by atoms with van der Waals surface area (Å²) in [5.41, 5.74) is 2.38. The third-order valence-corrected chi connectivity index (χ3v) is 18.5. The summed E-state index contributed by atoms with van der Waals surface area (Å²) in [4.78, 5) is 171. The predicted molar refractivity (Wildman–Crippen MR) is 367 cm³/mol. The lowest BCUT2D eigenvalue weighted by Crippen LogP contribution is -2.64. The minimum Gasteiger partial charge on any atom is -0.390 e. The van der Waals surface area contributed by atoms with Crippen molar-refractivity contribution in [2.75, 3.05) is 49.3 Å². The number of carbonyl (C=O) groups excluding carboxylic acids is 11. The fourth-order valence-corrected chi connectivity index (χ4v) is 12.4. The van der Waals surface area contributed by atoms with Crippen molar-refractivity contribution in [1.29, 1.82) is 0 Å². The van der Waals surface area contributed by atoms with Gasteiger partial charge >= 0.3 is 0 Å². The standard InChI is InChI=1S/C71H123N11O12/c1-26-52-67(90)76(19)50(18)66(89)77(20)54(36-41(4)5)63(86)75-57(44(10)11)70(93)78(21)53(35-40(2)3)62(85)72-48(16)61(84)73-49(17)65(88)79(22)55(37-42(6)7)68(91)80(23)56(38-43(8)9)69(92)81(24)58(45(12)13)71(94)82(25)59(64(87)74-52)60(83)47(15)32-28-27-29-33-51-34-30-31-46(14)39-51/h30-31,34,39-45,47-50,52-60,83H,26-29,32-33,35-38H2,1-25H3,(H,72,85)(H,73,84)(H,74,87)(H,75,86)/t47-,48+,49-,50-,52+,53+,54+,55+,56+,57+,58+,59+,60-/m1/s1. The van der Waals surface area contributed by atoms with E-state index in [1.165, 1.54) is 111 Å². The van der Waals surface area contributed by atoms with E-state index in [1.807, 2.05) is 74.4 Å². The molecule has 0 radical (unpaired) electrons. The number of benzene rings is 1. The van der Waals surface area contributed by atoms with E-state index in [0.29, 0.717) is 12.8 Å². The van der Waals surface area contributed by atoms with E-state index in [2.05, 4.69) is 33.4 Å². The third kappa shape index (κ3) is 23.3. The van der Waals surface area contributed by atoms with E-state index in [9.17, 15) is 38.7 Å². The molecular formula is C71H123N11O12. The van der Waals surface area contributed by atoms with Gasteiger partial charge in [-0.05, 0) is 126 Å². The van der Waals surface area contributed by atoms with Crippen molar-refractivity contribution in [3.8, 4) is 0 Å².